The van der Waals surface area contributed by atoms with Gasteiger partial charge in [-0.15, -0.1) is 0 Å². The van der Waals surface area contributed by atoms with Gasteiger partial charge in [-0.05, 0) is 42.2 Å². The Morgan fingerprint density at radius 1 is 1.08 bits per heavy atom. The van der Waals surface area contributed by atoms with Crippen molar-refractivity contribution in [2.45, 2.75) is 29.1 Å². The van der Waals surface area contributed by atoms with E-state index in [-0.39, 0.29) is 11.3 Å². The van der Waals surface area contributed by atoms with E-state index in [0.717, 1.165) is 27.3 Å². The first-order valence-corrected chi connectivity index (χ1v) is 8.95. The molecule has 2 aromatic rings. The maximum atomic E-state index is 12.3. The number of rotatable bonds is 8. The minimum absolute atomic E-state index is 0.301. The minimum atomic E-state index is -0.307. The Morgan fingerprint density at radius 2 is 1.83 bits per heavy atom. The summed E-state index contributed by atoms with van der Waals surface area (Å²) in [5, 5.41) is 11.8. The summed E-state index contributed by atoms with van der Waals surface area (Å²) in [5.74, 6) is 0. The molecule has 0 bridgehead atoms. The number of aryl methyl sites for hydroxylation is 1. The van der Waals surface area contributed by atoms with Crippen LogP contribution in [0.15, 0.2) is 52.3 Å². The summed E-state index contributed by atoms with van der Waals surface area (Å²) in [5.41, 5.74) is 9.10. The minimum Gasteiger partial charge on any atom is -0.633 e. The zero-order valence-electron chi connectivity index (χ0n) is 14.3. The number of hydroxylamine groups is 3. The lowest BCUT2D eigenvalue weighted by Crippen LogP contribution is -2.34. The Labute approximate surface area is 147 Å². The van der Waals surface area contributed by atoms with Crippen LogP contribution in [0.25, 0.3) is 0 Å². The summed E-state index contributed by atoms with van der Waals surface area (Å²) in [6, 6.07) is 14.0. The molecule has 0 saturated carbocycles. The van der Waals surface area contributed by atoms with Gasteiger partial charge >= 0.3 is 0 Å². The van der Waals surface area contributed by atoms with Crippen molar-refractivity contribution in [1.82, 2.24) is 0 Å². The van der Waals surface area contributed by atoms with Crippen LogP contribution >= 0.6 is 11.8 Å². The predicted octanol–water partition coefficient (Wildman–Crippen LogP) is 4.44. The molecule has 0 saturated heterocycles. The molecule has 0 fully saturated rings. The number of anilines is 1. The lowest BCUT2D eigenvalue weighted by atomic mass is 10.1. The smallest absolute Gasteiger partial charge is 0.0897 e. The summed E-state index contributed by atoms with van der Waals surface area (Å²) in [6.07, 6.45) is 1.96. The number of hydrogen-bond donors (Lipinski definition) is 1. The highest BCUT2D eigenvalue weighted by atomic mass is 32.2. The number of benzene rings is 2. The Morgan fingerprint density at radius 3 is 2.50 bits per heavy atom. The highest BCUT2D eigenvalue weighted by Crippen LogP contribution is 2.35. The van der Waals surface area contributed by atoms with E-state index in [1.807, 2.05) is 30.3 Å². The van der Waals surface area contributed by atoms with E-state index in [4.69, 9.17) is 5.73 Å². The molecule has 0 radical (unpaired) electrons. The molecule has 0 heterocycles. The van der Waals surface area contributed by atoms with Gasteiger partial charge in [0.25, 0.3) is 0 Å². The molecule has 0 aliphatic rings. The van der Waals surface area contributed by atoms with Crippen molar-refractivity contribution in [1.29, 1.82) is 0 Å². The summed E-state index contributed by atoms with van der Waals surface area (Å²) in [4.78, 5) is 2.11. The van der Waals surface area contributed by atoms with Gasteiger partial charge in [0.2, 0.25) is 0 Å². The van der Waals surface area contributed by atoms with Crippen LogP contribution in [0.3, 0.4) is 0 Å². The van der Waals surface area contributed by atoms with Gasteiger partial charge in [0.15, 0.2) is 0 Å². The zero-order valence-corrected chi connectivity index (χ0v) is 15.1. The van der Waals surface area contributed by atoms with Gasteiger partial charge in [-0.1, -0.05) is 36.0 Å². The molecule has 3 nitrogen and oxygen atoms in total. The van der Waals surface area contributed by atoms with Crippen LogP contribution in [-0.2, 0) is 12.8 Å². The van der Waals surface area contributed by atoms with E-state index in [2.05, 4.69) is 12.1 Å². The van der Waals surface area contributed by atoms with Crippen LogP contribution in [0.5, 0.6) is 0 Å². The second-order valence-electron chi connectivity index (χ2n) is 6.42. The number of alkyl halides is 1. The molecule has 2 aromatic carbocycles. The summed E-state index contributed by atoms with van der Waals surface area (Å²) < 4.78 is 12.0. The molecule has 0 aliphatic heterocycles. The third-order valence-corrected chi connectivity index (χ3v) is 5.00. The lowest BCUT2D eigenvalue weighted by Gasteiger charge is -2.33. The normalized spacial score (nSPS) is 11.7. The molecule has 0 unspecified atom stereocenters. The van der Waals surface area contributed by atoms with Crippen molar-refractivity contribution < 1.29 is 9.04 Å². The Hall–Kier alpha value is -1.56. The van der Waals surface area contributed by atoms with E-state index in [9.17, 15) is 9.60 Å². The molecule has 0 amide bonds. The van der Waals surface area contributed by atoms with Gasteiger partial charge < -0.3 is 15.6 Å². The van der Waals surface area contributed by atoms with Crippen LogP contribution in [0.1, 0.15) is 17.5 Å². The third kappa shape index (κ3) is 5.82. The van der Waals surface area contributed by atoms with E-state index in [0.29, 0.717) is 25.1 Å². The van der Waals surface area contributed by atoms with Gasteiger partial charge in [0.05, 0.1) is 27.3 Å². The highest BCUT2D eigenvalue weighted by Gasteiger charge is 2.10. The molecule has 24 heavy (non-hydrogen) atoms. The van der Waals surface area contributed by atoms with Crippen molar-refractivity contribution in [2.24, 2.45) is 0 Å². The van der Waals surface area contributed by atoms with Gasteiger partial charge in [0, 0.05) is 21.9 Å². The SMILES string of the molecule is C[N+](C)([O-])CCc1ccccc1Sc1ccc(CCCF)cc1N. The molecule has 5 heteroatoms. The second-order valence-corrected chi connectivity index (χ2v) is 7.51. The van der Waals surface area contributed by atoms with Gasteiger partial charge in [-0.25, -0.2) is 0 Å². The van der Waals surface area contributed by atoms with Gasteiger partial charge in [-0.2, -0.15) is 0 Å². The van der Waals surface area contributed by atoms with Crippen LogP contribution < -0.4 is 5.73 Å². The van der Waals surface area contributed by atoms with Crippen molar-refractivity contribution in [3.63, 3.8) is 0 Å². The average molecular weight is 348 g/mol. The quantitative estimate of drug-likeness (QED) is 0.436. The van der Waals surface area contributed by atoms with E-state index in [1.165, 1.54) is 0 Å². The molecule has 0 aliphatic carbocycles. The van der Waals surface area contributed by atoms with Crippen molar-refractivity contribution in [2.75, 3.05) is 33.0 Å². The lowest BCUT2D eigenvalue weighted by molar-refractivity contribution is -0.839. The first kappa shape index (κ1) is 18.8. The molecule has 0 aromatic heterocycles. The van der Waals surface area contributed by atoms with E-state index in [1.54, 1.807) is 25.9 Å². The van der Waals surface area contributed by atoms with Gasteiger partial charge in [0.1, 0.15) is 0 Å². The number of hydrogen-bond acceptors (Lipinski definition) is 3. The highest BCUT2D eigenvalue weighted by molar-refractivity contribution is 7.99. The fourth-order valence-electron chi connectivity index (χ4n) is 2.44. The fraction of sp³-hybridized carbons (Fsp3) is 0.368. The number of quaternary nitrogens is 1. The largest absolute Gasteiger partial charge is 0.633 e. The number of nitrogens with two attached hydrogens (primary N) is 1. The number of likely N-dealkylation sites (N-methyl/N-ethyl adjacent to an activating group) is 1. The van der Waals surface area contributed by atoms with E-state index < -0.39 is 0 Å². The van der Waals surface area contributed by atoms with Crippen LogP contribution in [-0.4, -0.2) is 32.0 Å². The topological polar surface area (TPSA) is 49.1 Å². The number of halogens is 1. The van der Waals surface area contributed by atoms with Gasteiger partial charge in [-0.3, -0.25) is 4.39 Å². The molecule has 130 valence electrons. The molecular formula is C19H25FN2OS. The monoisotopic (exact) mass is 348 g/mol. The maximum absolute atomic E-state index is 12.3. The number of nitrogen functional groups attached to an aromatic ring is 1. The van der Waals surface area contributed by atoms with Crippen molar-refractivity contribution in [3.8, 4) is 0 Å². The predicted molar refractivity (Wildman–Crippen MR) is 99.8 cm³/mol. The molecule has 2 rings (SSSR count). The second kappa shape index (κ2) is 8.51. The molecule has 2 N–H and O–H groups in total. The Balaban J connectivity index is 2.13. The van der Waals surface area contributed by atoms with Crippen LogP contribution in [0.2, 0.25) is 0 Å². The van der Waals surface area contributed by atoms with Crippen molar-refractivity contribution in [3.05, 3.63) is 58.8 Å². The van der Waals surface area contributed by atoms with Crippen molar-refractivity contribution >= 4 is 17.4 Å². The summed E-state index contributed by atoms with van der Waals surface area (Å²) in [7, 11) is 3.31. The Bertz CT molecular complexity index is 671. The first-order valence-electron chi connectivity index (χ1n) is 8.13. The summed E-state index contributed by atoms with van der Waals surface area (Å²) in [6.45, 7) is 0.230. The molecule has 0 atom stereocenters. The standard InChI is InChI=1S/C19H25FN2OS/c1-22(2,23)13-11-16-7-3-4-8-18(16)24-19-10-9-15(6-5-12-20)14-17(19)21/h3-4,7-10,14H,5-6,11-13,21H2,1-2H3. The molecular weight excluding hydrogens is 323 g/mol. The summed E-state index contributed by atoms with van der Waals surface area (Å²) >= 11 is 1.62. The van der Waals surface area contributed by atoms with E-state index >= 15 is 0 Å². The Kier molecular flexibility index (Phi) is 6.66. The average Bonchev–Trinajstić information content (AvgIpc) is 2.53. The maximum Gasteiger partial charge on any atom is 0.0897 e. The zero-order chi connectivity index (χ0) is 17.6. The van der Waals surface area contributed by atoms with Crippen LogP contribution in [0.4, 0.5) is 10.1 Å². The fourth-order valence-corrected chi connectivity index (χ4v) is 3.43. The number of nitrogens with zero attached hydrogens (tertiary/aromatic N) is 1. The molecule has 0 spiro atoms. The van der Waals surface area contributed by atoms with Crippen LogP contribution in [0, 0.1) is 5.21 Å². The first-order chi connectivity index (χ1) is 11.4. The third-order valence-electron chi connectivity index (χ3n) is 3.79.